The van der Waals surface area contributed by atoms with E-state index in [4.69, 9.17) is 4.84 Å². The molecule has 0 unspecified atom stereocenters. The second kappa shape index (κ2) is 4.33. The number of hydrogen-bond acceptors (Lipinski definition) is 4. The van der Waals surface area contributed by atoms with Gasteiger partial charge in [0.25, 0.3) is 0 Å². The standard InChI is InChI=1S/C16H18F3N3O/c17-16(18,19)12-2-1-3-13-14(12)20-22-21(13)9-15(23-22)8-10-4-6-11(15)7-5-10/h1-3,10-11,20H,4-9H2/t10-,11-,15-/m0/s1. The molecule has 2 bridgehead atoms. The summed E-state index contributed by atoms with van der Waals surface area (Å²) < 4.78 is 39.5. The Bertz CT molecular complexity index is 656. The van der Waals surface area contributed by atoms with Crippen molar-refractivity contribution < 1.29 is 18.0 Å². The molecule has 1 aromatic rings. The van der Waals surface area contributed by atoms with Crippen LogP contribution < -0.4 is 10.4 Å². The summed E-state index contributed by atoms with van der Waals surface area (Å²) in [5.74, 6) is 1.20. The minimum atomic E-state index is -4.37. The van der Waals surface area contributed by atoms with Crippen molar-refractivity contribution in [3.63, 3.8) is 0 Å². The molecule has 4 nitrogen and oxygen atoms in total. The number of nitrogens with zero attached hydrogens (tertiary/aromatic N) is 2. The first-order valence-electron chi connectivity index (χ1n) is 8.20. The molecule has 23 heavy (non-hydrogen) atoms. The fourth-order valence-electron chi connectivity index (χ4n) is 4.89. The predicted octanol–water partition coefficient (Wildman–Crippen LogP) is 3.96. The van der Waals surface area contributed by atoms with Crippen molar-refractivity contribution in [2.45, 2.75) is 43.9 Å². The number of fused-ring (bicyclic) bond motifs is 5. The summed E-state index contributed by atoms with van der Waals surface area (Å²) in [5, 5.41) is 3.26. The Labute approximate surface area is 132 Å². The zero-order valence-electron chi connectivity index (χ0n) is 12.6. The van der Waals surface area contributed by atoms with Gasteiger partial charge in [0.1, 0.15) is 5.60 Å². The lowest BCUT2D eigenvalue weighted by Crippen LogP contribution is -2.50. The van der Waals surface area contributed by atoms with Crippen molar-refractivity contribution in [2.24, 2.45) is 11.8 Å². The maximum absolute atomic E-state index is 13.2. The number of halogens is 3. The molecule has 1 saturated heterocycles. The average molecular weight is 325 g/mol. The number of hydrogen-bond donors (Lipinski definition) is 1. The molecule has 1 N–H and O–H groups in total. The van der Waals surface area contributed by atoms with Crippen LogP contribution in [0.4, 0.5) is 24.5 Å². The number of nitrogens with one attached hydrogen (secondary N) is 1. The van der Waals surface area contributed by atoms with Gasteiger partial charge in [0, 0.05) is 5.28 Å². The number of anilines is 2. The number of alkyl halides is 3. The molecule has 6 rings (SSSR count). The van der Waals surface area contributed by atoms with E-state index in [1.807, 2.05) is 5.01 Å². The summed E-state index contributed by atoms with van der Waals surface area (Å²) in [5.41, 5.74) is 2.58. The predicted molar refractivity (Wildman–Crippen MR) is 78.1 cm³/mol. The summed E-state index contributed by atoms with van der Waals surface area (Å²) in [6, 6.07) is 4.29. The van der Waals surface area contributed by atoms with Crippen LogP contribution >= 0.6 is 0 Å². The molecule has 1 spiro atoms. The topological polar surface area (TPSA) is 27.7 Å². The Hall–Kier alpha value is -1.47. The van der Waals surface area contributed by atoms with Gasteiger partial charge in [0.2, 0.25) is 0 Å². The zero-order valence-corrected chi connectivity index (χ0v) is 12.6. The second-order valence-corrected chi connectivity index (χ2v) is 7.22. The zero-order chi connectivity index (χ0) is 15.8. The highest BCUT2D eigenvalue weighted by atomic mass is 19.4. The molecule has 5 aliphatic rings. The van der Waals surface area contributed by atoms with Gasteiger partial charge in [-0.2, -0.15) is 13.2 Å². The minimum Gasteiger partial charge on any atom is -0.274 e. The van der Waals surface area contributed by atoms with Gasteiger partial charge in [-0.25, -0.2) is 0 Å². The molecular formula is C16H18F3N3O. The van der Waals surface area contributed by atoms with E-state index in [0.717, 1.165) is 12.5 Å². The Morgan fingerprint density at radius 2 is 1.96 bits per heavy atom. The van der Waals surface area contributed by atoms with E-state index < -0.39 is 11.7 Å². The Morgan fingerprint density at radius 3 is 2.61 bits per heavy atom. The van der Waals surface area contributed by atoms with Crippen LogP contribution in [0.1, 0.15) is 37.7 Å². The first-order chi connectivity index (χ1) is 11.0. The van der Waals surface area contributed by atoms with Crippen LogP contribution in [-0.4, -0.2) is 17.4 Å². The van der Waals surface area contributed by atoms with Crippen LogP contribution in [0.5, 0.6) is 0 Å². The molecule has 124 valence electrons. The highest BCUT2D eigenvalue weighted by Gasteiger charge is 2.57. The minimum absolute atomic E-state index is 0.0934. The lowest BCUT2D eigenvalue weighted by atomic mass is 9.62. The van der Waals surface area contributed by atoms with Crippen LogP contribution in [0, 0.1) is 11.8 Å². The summed E-state index contributed by atoms with van der Waals surface area (Å²) in [6.45, 7) is 0.634. The van der Waals surface area contributed by atoms with Gasteiger partial charge in [0.05, 0.1) is 23.5 Å². The van der Waals surface area contributed by atoms with Crippen LogP contribution in [0.25, 0.3) is 0 Å². The normalized spacial score (nSPS) is 35.5. The van der Waals surface area contributed by atoms with Crippen LogP contribution in [0.2, 0.25) is 0 Å². The third-order valence-electron chi connectivity index (χ3n) is 5.96. The molecule has 3 saturated carbocycles. The largest absolute Gasteiger partial charge is 0.418 e. The number of benzene rings is 1. The van der Waals surface area contributed by atoms with Gasteiger partial charge in [-0.15, -0.1) is 0 Å². The van der Waals surface area contributed by atoms with E-state index in [2.05, 4.69) is 5.43 Å². The maximum atomic E-state index is 13.2. The molecular weight excluding hydrogens is 307 g/mol. The summed E-state index contributed by atoms with van der Waals surface area (Å²) >= 11 is 0. The summed E-state index contributed by atoms with van der Waals surface area (Å²) in [6.07, 6.45) is 1.50. The molecule has 0 aromatic heterocycles. The van der Waals surface area contributed by atoms with Crippen molar-refractivity contribution in [3.8, 4) is 0 Å². The maximum Gasteiger partial charge on any atom is 0.418 e. The van der Waals surface area contributed by atoms with E-state index in [0.29, 0.717) is 24.1 Å². The van der Waals surface area contributed by atoms with Crippen LogP contribution in [0.3, 0.4) is 0 Å². The lowest BCUT2D eigenvalue weighted by Gasteiger charge is -2.47. The summed E-state index contributed by atoms with van der Waals surface area (Å²) in [7, 11) is 0. The second-order valence-electron chi connectivity index (χ2n) is 7.22. The first-order valence-corrected chi connectivity index (χ1v) is 8.20. The van der Waals surface area contributed by atoms with Crippen molar-refractivity contribution in [1.82, 2.24) is 5.28 Å². The molecule has 1 aromatic carbocycles. The van der Waals surface area contributed by atoms with Crippen molar-refractivity contribution in [1.29, 1.82) is 0 Å². The Morgan fingerprint density at radius 1 is 1.17 bits per heavy atom. The molecule has 2 aliphatic heterocycles. The van der Waals surface area contributed by atoms with Crippen LogP contribution in [0.15, 0.2) is 18.2 Å². The third-order valence-corrected chi connectivity index (χ3v) is 5.96. The molecule has 0 amide bonds. The van der Waals surface area contributed by atoms with E-state index in [1.54, 1.807) is 6.07 Å². The molecule has 7 heteroatoms. The Balaban J connectivity index is 1.50. The molecule has 3 aliphatic carbocycles. The van der Waals surface area contributed by atoms with Gasteiger partial charge in [-0.05, 0) is 56.1 Å². The highest BCUT2D eigenvalue weighted by molar-refractivity contribution is 5.77. The highest BCUT2D eigenvalue weighted by Crippen LogP contribution is 2.55. The SMILES string of the molecule is FC(F)(F)c1cccc2c1NN1O[C@]3(CN21)C[C@H]1CC[C@H]3CC1. The molecule has 0 radical (unpaired) electrons. The van der Waals surface area contributed by atoms with Crippen molar-refractivity contribution in [2.75, 3.05) is 17.0 Å². The number of para-hydroxylation sites is 1. The van der Waals surface area contributed by atoms with Gasteiger partial charge < -0.3 is 0 Å². The first kappa shape index (κ1) is 13.9. The average Bonchev–Trinajstić information content (AvgIpc) is 3.01. The van der Waals surface area contributed by atoms with Gasteiger partial charge in [0.15, 0.2) is 0 Å². The van der Waals surface area contributed by atoms with E-state index in [1.165, 1.54) is 37.0 Å². The van der Waals surface area contributed by atoms with E-state index >= 15 is 0 Å². The fraction of sp³-hybridized carbons (Fsp3) is 0.625. The molecule has 2 heterocycles. The molecule has 1 atom stereocenters. The molecule has 4 fully saturated rings. The quantitative estimate of drug-likeness (QED) is 0.781. The van der Waals surface area contributed by atoms with Gasteiger partial charge >= 0.3 is 6.18 Å². The van der Waals surface area contributed by atoms with E-state index in [-0.39, 0.29) is 11.3 Å². The number of rotatable bonds is 0. The fourth-order valence-corrected chi connectivity index (χ4v) is 4.89. The van der Waals surface area contributed by atoms with Crippen LogP contribution in [-0.2, 0) is 11.0 Å². The van der Waals surface area contributed by atoms with Crippen molar-refractivity contribution in [3.05, 3.63) is 23.8 Å². The Kier molecular flexibility index (Phi) is 2.62. The monoisotopic (exact) mass is 325 g/mol. The smallest absolute Gasteiger partial charge is 0.274 e. The van der Waals surface area contributed by atoms with Crippen molar-refractivity contribution >= 4 is 11.4 Å². The van der Waals surface area contributed by atoms with Gasteiger partial charge in [-0.1, -0.05) is 6.07 Å². The third kappa shape index (κ3) is 1.86. The van der Waals surface area contributed by atoms with E-state index in [9.17, 15) is 13.2 Å². The lowest BCUT2D eigenvalue weighted by molar-refractivity contribution is -0.225. The van der Waals surface area contributed by atoms with Gasteiger partial charge in [-0.3, -0.25) is 15.3 Å². The number of hydrazine groups is 2. The summed E-state index contributed by atoms with van der Waals surface area (Å²) in [4.78, 5) is 6.18.